The summed E-state index contributed by atoms with van der Waals surface area (Å²) in [6.45, 7) is 4.58. The second-order valence-corrected chi connectivity index (χ2v) is 4.08. The third-order valence-electron chi connectivity index (χ3n) is 2.35. The first kappa shape index (κ1) is 11.6. The zero-order chi connectivity index (χ0) is 12.3. The largest absolute Gasteiger partial charge is 0.452 e. The number of rotatable bonds is 4. The molecule has 0 bridgehead atoms. The zero-order valence-corrected chi connectivity index (χ0v) is 10.00. The molecule has 0 saturated heterocycles. The summed E-state index contributed by atoms with van der Waals surface area (Å²) in [5.41, 5.74) is 6.49. The van der Waals surface area contributed by atoms with Gasteiger partial charge in [0.2, 0.25) is 0 Å². The Morgan fingerprint density at radius 3 is 2.76 bits per heavy atom. The fourth-order valence-electron chi connectivity index (χ4n) is 1.42. The van der Waals surface area contributed by atoms with Gasteiger partial charge in [-0.05, 0) is 25.5 Å². The summed E-state index contributed by atoms with van der Waals surface area (Å²) in [6, 6.07) is 2.19. The maximum atomic E-state index is 5.65. The molecule has 0 unspecified atom stereocenters. The molecule has 90 valence electrons. The van der Waals surface area contributed by atoms with E-state index in [1.54, 1.807) is 18.6 Å². The fourth-order valence-corrected chi connectivity index (χ4v) is 1.42. The number of aromatic nitrogens is 3. The van der Waals surface area contributed by atoms with Crippen LogP contribution in [0.3, 0.4) is 0 Å². The molecule has 0 radical (unpaired) electrons. The van der Waals surface area contributed by atoms with Crippen LogP contribution in [-0.4, -0.2) is 14.8 Å². The number of hydrogen-bond acceptors (Lipinski definition) is 4. The van der Waals surface area contributed by atoms with Crippen molar-refractivity contribution in [2.45, 2.75) is 26.4 Å². The SMILES string of the molecule is CC(C)n1cc(Oc2cncc(CN)c2)cn1. The molecule has 0 spiro atoms. The van der Waals surface area contributed by atoms with Crippen molar-refractivity contribution < 1.29 is 4.74 Å². The fraction of sp³-hybridized carbons (Fsp3) is 0.333. The Hall–Kier alpha value is -1.88. The van der Waals surface area contributed by atoms with Gasteiger partial charge in [-0.15, -0.1) is 0 Å². The van der Waals surface area contributed by atoms with Gasteiger partial charge in [0.05, 0.1) is 18.6 Å². The van der Waals surface area contributed by atoms with Gasteiger partial charge in [0.25, 0.3) is 0 Å². The van der Waals surface area contributed by atoms with Crippen LogP contribution >= 0.6 is 0 Å². The summed E-state index contributed by atoms with van der Waals surface area (Å²) in [7, 11) is 0. The van der Waals surface area contributed by atoms with Crippen molar-refractivity contribution in [3.8, 4) is 11.5 Å². The molecule has 0 amide bonds. The minimum Gasteiger partial charge on any atom is -0.452 e. The van der Waals surface area contributed by atoms with Gasteiger partial charge in [0, 0.05) is 18.8 Å². The first-order valence-electron chi connectivity index (χ1n) is 5.55. The third-order valence-corrected chi connectivity index (χ3v) is 2.35. The molecular weight excluding hydrogens is 216 g/mol. The Labute approximate surface area is 100 Å². The van der Waals surface area contributed by atoms with Crippen LogP contribution < -0.4 is 10.5 Å². The smallest absolute Gasteiger partial charge is 0.165 e. The zero-order valence-electron chi connectivity index (χ0n) is 10.00. The van der Waals surface area contributed by atoms with E-state index >= 15 is 0 Å². The standard InChI is InChI=1S/C12H16N4O/c1-9(2)16-8-12(7-15-16)17-11-3-10(4-13)5-14-6-11/h3,5-9H,4,13H2,1-2H3. The van der Waals surface area contributed by atoms with Crippen molar-refractivity contribution in [1.29, 1.82) is 0 Å². The summed E-state index contributed by atoms with van der Waals surface area (Å²) >= 11 is 0. The number of ether oxygens (including phenoxy) is 1. The van der Waals surface area contributed by atoms with Crippen molar-refractivity contribution in [2.75, 3.05) is 0 Å². The predicted octanol–water partition coefficient (Wildman–Crippen LogP) is 2.11. The van der Waals surface area contributed by atoms with E-state index in [0.717, 1.165) is 5.56 Å². The Balaban J connectivity index is 2.13. The van der Waals surface area contributed by atoms with Crippen LogP contribution in [0.2, 0.25) is 0 Å². The summed E-state index contributed by atoms with van der Waals surface area (Å²) in [4.78, 5) is 4.06. The highest BCUT2D eigenvalue weighted by Gasteiger charge is 2.04. The first-order chi connectivity index (χ1) is 8.19. The Kier molecular flexibility index (Phi) is 3.39. The minimum absolute atomic E-state index is 0.320. The monoisotopic (exact) mass is 232 g/mol. The number of hydrogen-bond donors (Lipinski definition) is 1. The molecule has 2 rings (SSSR count). The van der Waals surface area contributed by atoms with Gasteiger partial charge in [-0.1, -0.05) is 0 Å². The lowest BCUT2D eigenvalue weighted by atomic mass is 10.3. The van der Waals surface area contributed by atoms with E-state index in [-0.39, 0.29) is 0 Å². The molecule has 2 N–H and O–H groups in total. The maximum absolute atomic E-state index is 5.65. The molecule has 2 aromatic heterocycles. The Morgan fingerprint density at radius 2 is 2.12 bits per heavy atom. The number of nitrogens with zero attached hydrogens (tertiary/aromatic N) is 3. The van der Waals surface area contributed by atoms with Crippen LogP contribution in [0.15, 0.2) is 30.9 Å². The average molecular weight is 232 g/mol. The van der Waals surface area contributed by atoms with Crippen LogP contribution in [0.25, 0.3) is 0 Å². The average Bonchev–Trinajstić information content (AvgIpc) is 2.78. The van der Waals surface area contributed by atoms with Gasteiger partial charge < -0.3 is 10.5 Å². The molecule has 2 aromatic rings. The maximum Gasteiger partial charge on any atom is 0.165 e. The highest BCUT2D eigenvalue weighted by molar-refractivity contribution is 5.28. The van der Waals surface area contributed by atoms with Crippen LogP contribution in [0.1, 0.15) is 25.5 Å². The molecule has 0 aliphatic carbocycles. The molecular formula is C12H16N4O. The highest BCUT2D eigenvalue weighted by atomic mass is 16.5. The van der Waals surface area contributed by atoms with Crippen LogP contribution in [0.5, 0.6) is 11.5 Å². The Morgan fingerprint density at radius 1 is 1.29 bits per heavy atom. The summed E-state index contributed by atoms with van der Waals surface area (Å²) in [6.07, 6.45) is 6.94. The predicted molar refractivity (Wildman–Crippen MR) is 64.8 cm³/mol. The van der Waals surface area contributed by atoms with Crippen molar-refractivity contribution in [3.05, 3.63) is 36.4 Å². The van der Waals surface area contributed by atoms with Gasteiger partial charge >= 0.3 is 0 Å². The van der Waals surface area contributed by atoms with E-state index in [0.29, 0.717) is 24.1 Å². The quantitative estimate of drug-likeness (QED) is 0.876. The van der Waals surface area contributed by atoms with Gasteiger partial charge in [-0.25, -0.2) is 0 Å². The van der Waals surface area contributed by atoms with Crippen LogP contribution in [-0.2, 0) is 6.54 Å². The summed E-state index contributed by atoms with van der Waals surface area (Å²) in [5, 5.41) is 4.20. The van der Waals surface area contributed by atoms with Crippen molar-refractivity contribution in [1.82, 2.24) is 14.8 Å². The van der Waals surface area contributed by atoms with Gasteiger partial charge in [0.15, 0.2) is 5.75 Å². The molecule has 0 atom stereocenters. The molecule has 5 heteroatoms. The molecule has 2 heterocycles. The van der Waals surface area contributed by atoms with Crippen LogP contribution in [0, 0.1) is 0 Å². The first-order valence-corrected chi connectivity index (χ1v) is 5.55. The van der Waals surface area contributed by atoms with Crippen molar-refractivity contribution in [2.24, 2.45) is 5.73 Å². The lowest BCUT2D eigenvalue weighted by Gasteiger charge is -2.05. The van der Waals surface area contributed by atoms with E-state index in [1.165, 1.54) is 0 Å². The van der Waals surface area contributed by atoms with Crippen molar-refractivity contribution >= 4 is 0 Å². The molecule has 0 saturated carbocycles. The van der Waals surface area contributed by atoms with Crippen LogP contribution in [0.4, 0.5) is 0 Å². The third kappa shape index (κ3) is 2.82. The van der Waals surface area contributed by atoms with E-state index in [2.05, 4.69) is 23.9 Å². The molecule has 17 heavy (non-hydrogen) atoms. The highest BCUT2D eigenvalue weighted by Crippen LogP contribution is 2.21. The lowest BCUT2D eigenvalue weighted by Crippen LogP contribution is -1.99. The number of pyridine rings is 1. The Bertz CT molecular complexity index is 493. The van der Waals surface area contributed by atoms with E-state index < -0.39 is 0 Å². The second kappa shape index (κ2) is 4.97. The number of nitrogens with two attached hydrogens (primary N) is 1. The normalized spacial score (nSPS) is 10.8. The van der Waals surface area contributed by atoms with Gasteiger partial charge in [-0.3, -0.25) is 9.67 Å². The van der Waals surface area contributed by atoms with Gasteiger partial charge in [0.1, 0.15) is 5.75 Å². The minimum atomic E-state index is 0.320. The molecule has 0 fully saturated rings. The molecule has 0 aliphatic heterocycles. The lowest BCUT2D eigenvalue weighted by molar-refractivity contribution is 0.474. The second-order valence-electron chi connectivity index (χ2n) is 4.08. The van der Waals surface area contributed by atoms with E-state index in [1.807, 2.05) is 16.9 Å². The summed E-state index contributed by atoms with van der Waals surface area (Å²) in [5.74, 6) is 1.38. The van der Waals surface area contributed by atoms with E-state index in [4.69, 9.17) is 10.5 Å². The van der Waals surface area contributed by atoms with Crippen molar-refractivity contribution in [3.63, 3.8) is 0 Å². The van der Waals surface area contributed by atoms with Gasteiger partial charge in [-0.2, -0.15) is 5.10 Å². The molecule has 0 aromatic carbocycles. The molecule has 0 aliphatic rings. The van der Waals surface area contributed by atoms with E-state index in [9.17, 15) is 0 Å². The topological polar surface area (TPSA) is 66.0 Å². The summed E-state index contributed by atoms with van der Waals surface area (Å²) < 4.78 is 7.49. The molecule has 5 nitrogen and oxygen atoms in total.